The molecule has 0 saturated heterocycles. The van der Waals surface area contributed by atoms with Crippen molar-refractivity contribution in [1.29, 1.82) is 0 Å². The smallest absolute Gasteiger partial charge is 0.334 e. The maximum absolute atomic E-state index is 11.6. The van der Waals surface area contributed by atoms with Gasteiger partial charge in [0.25, 0.3) is 0 Å². The monoisotopic (exact) mass is 255 g/mol. The topological polar surface area (TPSA) is 55.7 Å². The maximum Gasteiger partial charge on any atom is 0.334 e. The van der Waals surface area contributed by atoms with Crippen LogP contribution in [0.1, 0.15) is 65.2 Å². The van der Waals surface area contributed by atoms with Crippen LogP contribution in [0.15, 0.2) is 5.18 Å². The molecule has 1 aliphatic carbocycles. The highest BCUT2D eigenvalue weighted by Crippen LogP contribution is 2.28. The summed E-state index contributed by atoms with van der Waals surface area (Å²) in [6, 6.07) is -0.809. The second kappa shape index (κ2) is 8.22. The highest BCUT2D eigenvalue weighted by Gasteiger charge is 2.22. The summed E-state index contributed by atoms with van der Waals surface area (Å²) in [6.07, 6.45) is 8.98. The van der Waals surface area contributed by atoms with Crippen LogP contribution in [-0.2, 0) is 9.53 Å². The fraction of sp³-hybridized carbons (Fsp3) is 0.929. The quantitative estimate of drug-likeness (QED) is 0.513. The van der Waals surface area contributed by atoms with Crippen molar-refractivity contribution in [2.24, 2.45) is 11.1 Å². The zero-order chi connectivity index (χ0) is 13.4. The molecule has 0 bridgehead atoms. The zero-order valence-corrected chi connectivity index (χ0v) is 11.6. The average Bonchev–Trinajstić information content (AvgIpc) is 2.35. The first-order valence-electron chi connectivity index (χ1n) is 7.16. The Balaban J connectivity index is 2.22. The van der Waals surface area contributed by atoms with Gasteiger partial charge in [0.05, 0.1) is 6.10 Å². The molecule has 0 heterocycles. The Morgan fingerprint density at radius 1 is 1.28 bits per heavy atom. The molecule has 0 radical (unpaired) electrons. The second-order valence-corrected chi connectivity index (χ2v) is 5.54. The lowest BCUT2D eigenvalue weighted by atomic mass is 9.85. The van der Waals surface area contributed by atoms with Gasteiger partial charge in [-0.15, -0.1) is 4.91 Å². The van der Waals surface area contributed by atoms with Crippen molar-refractivity contribution >= 4 is 5.97 Å². The van der Waals surface area contributed by atoms with Crippen LogP contribution in [-0.4, -0.2) is 18.1 Å². The van der Waals surface area contributed by atoms with Crippen LogP contribution in [0.3, 0.4) is 0 Å². The SMILES string of the molecule is CC(C)OC(=O)C(CCCC1CCCCC1)N=O. The van der Waals surface area contributed by atoms with Crippen molar-refractivity contribution < 1.29 is 9.53 Å². The summed E-state index contributed by atoms with van der Waals surface area (Å²) >= 11 is 0. The van der Waals surface area contributed by atoms with Crippen molar-refractivity contribution in [2.45, 2.75) is 77.4 Å². The standard InChI is InChI=1S/C14H25NO3/c1-11(2)18-14(16)13(15-17)10-6-9-12-7-4-3-5-8-12/h11-13H,3-10H2,1-2H3. The highest BCUT2D eigenvalue weighted by molar-refractivity contribution is 5.76. The van der Waals surface area contributed by atoms with Gasteiger partial charge < -0.3 is 4.74 Å². The number of rotatable bonds is 7. The van der Waals surface area contributed by atoms with Gasteiger partial charge in [-0.25, -0.2) is 4.79 Å². The Morgan fingerprint density at radius 2 is 1.94 bits per heavy atom. The number of ether oxygens (including phenoxy) is 1. The van der Waals surface area contributed by atoms with E-state index < -0.39 is 12.0 Å². The minimum absolute atomic E-state index is 0.180. The van der Waals surface area contributed by atoms with E-state index in [0.717, 1.165) is 18.8 Å². The summed E-state index contributed by atoms with van der Waals surface area (Å²) in [5, 5.41) is 2.90. The first kappa shape index (κ1) is 15.1. The molecular formula is C14H25NO3. The molecule has 0 spiro atoms. The van der Waals surface area contributed by atoms with Gasteiger partial charge in [0.15, 0.2) is 6.04 Å². The van der Waals surface area contributed by atoms with Crippen molar-refractivity contribution in [3.8, 4) is 0 Å². The Kier molecular flexibility index (Phi) is 6.91. The van der Waals surface area contributed by atoms with E-state index in [2.05, 4.69) is 5.18 Å². The van der Waals surface area contributed by atoms with E-state index in [1.165, 1.54) is 32.1 Å². The summed E-state index contributed by atoms with van der Waals surface area (Å²) in [4.78, 5) is 22.2. The van der Waals surface area contributed by atoms with Gasteiger partial charge in [-0.05, 0) is 26.2 Å². The molecule has 0 amide bonds. The van der Waals surface area contributed by atoms with E-state index in [1.807, 2.05) is 0 Å². The fourth-order valence-corrected chi connectivity index (χ4v) is 2.60. The Morgan fingerprint density at radius 3 is 2.50 bits per heavy atom. The third kappa shape index (κ3) is 5.61. The summed E-state index contributed by atoms with van der Waals surface area (Å²) in [5.74, 6) is 0.316. The molecule has 0 aromatic heterocycles. The number of nitrogens with zero attached hydrogens (tertiary/aromatic N) is 1. The lowest BCUT2D eigenvalue weighted by Crippen LogP contribution is -2.24. The number of carbonyl (C=O) groups is 1. The van der Waals surface area contributed by atoms with Crippen molar-refractivity contribution in [3.63, 3.8) is 0 Å². The molecule has 18 heavy (non-hydrogen) atoms. The number of nitroso groups, excluding NO2 is 1. The third-order valence-corrected chi connectivity index (χ3v) is 3.57. The molecule has 0 aromatic rings. The maximum atomic E-state index is 11.6. The lowest BCUT2D eigenvalue weighted by molar-refractivity contribution is -0.149. The Labute approximate surface area is 109 Å². The first-order chi connectivity index (χ1) is 8.63. The van der Waals surface area contributed by atoms with Crippen LogP contribution >= 0.6 is 0 Å². The molecule has 1 atom stereocenters. The average molecular weight is 255 g/mol. The van der Waals surface area contributed by atoms with E-state index in [1.54, 1.807) is 13.8 Å². The van der Waals surface area contributed by atoms with Crippen molar-refractivity contribution in [3.05, 3.63) is 4.91 Å². The summed E-state index contributed by atoms with van der Waals surface area (Å²) in [6.45, 7) is 3.56. The highest BCUT2D eigenvalue weighted by atomic mass is 16.5. The molecule has 1 unspecified atom stereocenters. The normalized spacial score (nSPS) is 18.6. The van der Waals surface area contributed by atoms with Gasteiger partial charge in [-0.2, -0.15) is 0 Å². The summed E-state index contributed by atoms with van der Waals surface area (Å²) in [7, 11) is 0. The third-order valence-electron chi connectivity index (χ3n) is 3.57. The lowest BCUT2D eigenvalue weighted by Gasteiger charge is -2.21. The van der Waals surface area contributed by atoms with Gasteiger partial charge in [0.1, 0.15) is 0 Å². The van der Waals surface area contributed by atoms with E-state index in [4.69, 9.17) is 4.74 Å². The summed E-state index contributed by atoms with van der Waals surface area (Å²) < 4.78 is 5.01. The Bertz CT molecular complexity index is 260. The minimum Gasteiger partial charge on any atom is -0.461 e. The van der Waals surface area contributed by atoms with Gasteiger partial charge in [0, 0.05) is 0 Å². The molecule has 0 N–H and O–H groups in total. The molecule has 1 saturated carbocycles. The molecule has 4 nitrogen and oxygen atoms in total. The number of carbonyl (C=O) groups excluding carboxylic acids is 1. The molecule has 1 fully saturated rings. The van der Waals surface area contributed by atoms with Crippen LogP contribution in [0.25, 0.3) is 0 Å². The van der Waals surface area contributed by atoms with Crippen LogP contribution in [0.5, 0.6) is 0 Å². The van der Waals surface area contributed by atoms with E-state index in [0.29, 0.717) is 6.42 Å². The number of hydrogen-bond acceptors (Lipinski definition) is 4. The van der Waals surface area contributed by atoms with Crippen molar-refractivity contribution in [2.75, 3.05) is 0 Å². The molecule has 0 aromatic carbocycles. The van der Waals surface area contributed by atoms with E-state index >= 15 is 0 Å². The zero-order valence-electron chi connectivity index (χ0n) is 11.6. The predicted molar refractivity (Wildman–Crippen MR) is 71.2 cm³/mol. The molecule has 104 valence electrons. The molecule has 1 rings (SSSR count). The van der Waals surface area contributed by atoms with Crippen LogP contribution in [0.4, 0.5) is 0 Å². The molecule has 4 heteroatoms. The largest absolute Gasteiger partial charge is 0.461 e. The van der Waals surface area contributed by atoms with Gasteiger partial charge >= 0.3 is 5.97 Å². The van der Waals surface area contributed by atoms with E-state index in [9.17, 15) is 9.70 Å². The number of hydrogen-bond donors (Lipinski definition) is 0. The van der Waals surface area contributed by atoms with Gasteiger partial charge in [-0.1, -0.05) is 50.1 Å². The first-order valence-corrected chi connectivity index (χ1v) is 7.16. The van der Waals surface area contributed by atoms with Crippen LogP contribution in [0.2, 0.25) is 0 Å². The number of esters is 1. The second-order valence-electron chi connectivity index (χ2n) is 5.54. The van der Waals surface area contributed by atoms with E-state index in [-0.39, 0.29) is 6.10 Å². The summed E-state index contributed by atoms with van der Waals surface area (Å²) in [5.41, 5.74) is 0. The minimum atomic E-state index is -0.809. The van der Waals surface area contributed by atoms with Gasteiger partial charge in [0.2, 0.25) is 0 Å². The Hall–Kier alpha value is -0.930. The molecule has 0 aliphatic heterocycles. The molecular weight excluding hydrogens is 230 g/mol. The van der Waals surface area contributed by atoms with Crippen LogP contribution < -0.4 is 0 Å². The predicted octanol–water partition coefficient (Wildman–Crippen LogP) is 3.82. The van der Waals surface area contributed by atoms with Crippen molar-refractivity contribution in [1.82, 2.24) is 0 Å². The fourth-order valence-electron chi connectivity index (χ4n) is 2.60. The van der Waals surface area contributed by atoms with Gasteiger partial charge in [-0.3, -0.25) is 0 Å². The van der Waals surface area contributed by atoms with Crippen LogP contribution in [0, 0.1) is 10.8 Å². The molecule has 1 aliphatic rings.